The first-order valence-corrected chi connectivity index (χ1v) is 8.26. The van der Waals surface area contributed by atoms with E-state index in [0.717, 1.165) is 18.4 Å². The SMILES string of the molecule is CCCCOC(=O)c1cccc(CC)c1C(=O)OCC(C)(C)C. The van der Waals surface area contributed by atoms with Crippen molar-refractivity contribution in [3.05, 3.63) is 34.9 Å². The van der Waals surface area contributed by atoms with Gasteiger partial charge in [-0.05, 0) is 29.9 Å². The molecular weight excluding hydrogens is 292 g/mol. The number of benzene rings is 1. The van der Waals surface area contributed by atoms with Crippen LogP contribution in [0.5, 0.6) is 0 Å². The third kappa shape index (κ3) is 6.05. The van der Waals surface area contributed by atoms with E-state index in [-0.39, 0.29) is 5.41 Å². The molecule has 0 aliphatic carbocycles. The summed E-state index contributed by atoms with van der Waals surface area (Å²) >= 11 is 0. The van der Waals surface area contributed by atoms with Crippen molar-refractivity contribution in [1.82, 2.24) is 0 Å². The Labute approximate surface area is 139 Å². The number of rotatable bonds is 7. The van der Waals surface area contributed by atoms with Crippen molar-refractivity contribution < 1.29 is 19.1 Å². The van der Waals surface area contributed by atoms with Crippen LogP contribution in [0.4, 0.5) is 0 Å². The minimum Gasteiger partial charge on any atom is -0.462 e. The van der Waals surface area contributed by atoms with Crippen LogP contribution in [0.25, 0.3) is 0 Å². The Morgan fingerprint density at radius 1 is 1.04 bits per heavy atom. The van der Waals surface area contributed by atoms with Gasteiger partial charge in [0.05, 0.1) is 24.3 Å². The quantitative estimate of drug-likeness (QED) is 0.551. The molecule has 0 aromatic heterocycles. The molecule has 1 aromatic rings. The highest BCUT2D eigenvalue weighted by atomic mass is 16.5. The van der Waals surface area contributed by atoms with Crippen molar-refractivity contribution >= 4 is 11.9 Å². The lowest BCUT2D eigenvalue weighted by molar-refractivity contribution is 0.0351. The summed E-state index contributed by atoms with van der Waals surface area (Å²) in [5.74, 6) is -0.920. The third-order valence-electron chi connectivity index (χ3n) is 3.32. The second-order valence-corrected chi connectivity index (χ2v) is 6.82. The van der Waals surface area contributed by atoms with Gasteiger partial charge in [0, 0.05) is 0 Å². The molecule has 1 aromatic carbocycles. The Morgan fingerprint density at radius 3 is 2.30 bits per heavy atom. The van der Waals surface area contributed by atoms with Crippen molar-refractivity contribution in [1.29, 1.82) is 0 Å². The maximum absolute atomic E-state index is 12.5. The number of esters is 2. The number of ether oxygens (including phenoxy) is 2. The average Bonchev–Trinajstić information content (AvgIpc) is 2.51. The van der Waals surface area contributed by atoms with Gasteiger partial charge < -0.3 is 9.47 Å². The molecular formula is C19H28O4. The molecule has 4 heteroatoms. The van der Waals surface area contributed by atoms with Crippen molar-refractivity contribution in [3.8, 4) is 0 Å². The number of carbonyl (C=O) groups is 2. The van der Waals surface area contributed by atoms with Crippen LogP contribution in [0.2, 0.25) is 0 Å². The number of hydrogen-bond donors (Lipinski definition) is 0. The molecule has 0 saturated heterocycles. The summed E-state index contributed by atoms with van der Waals surface area (Å²) in [5, 5.41) is 0. The zero-order chi connectivity index (χ0) is 17.5. The van der Waals surface area contributed by atoms with E-state index in [1.54, 1.807) is 12.1 Å². The Kier molecular flexibility index (Phi) is 7.27. The normalized spacial score (nSPS) is 11.2. The van der Waals surface area contributed by atoms with Gasteiger partial charge in [0.15, 0.2) is 0 Å². The van der Waals surface area contributed by atoms with Crippen LogP contribution in [0.15, 0.2) is 18.2 Å². The summed E-state index contributed by atoms with van der Waals surface area (Å²) in [6, 6.07) is 5.24. The summed E-state index contributed by atoms with van der Waals surface area (Å²) in [5.41, 5.74) is 1.30. The first-order valence-electron chi connectivity index (χ1n) is 8.26. The molecule has 128 valence electrons. The van der Waals surface area contributed by atoms with Crippen LogP contribution >= 0.6 is 0 Å². The van der Waals surface area contributed by atoms with Crippen molar-refractivity contribution in [2.45, 2.75) is 53.9 Å². The minimum atomic E-state index is -0.462. The molecule has 0 spiro atoms. The predicted octanol–water partition coefficient (Wildman–Crippen LogP) is 4.41. The molecule has 0 amide bonds. The van der Waals surface area contributed by atoms with Crippen LogP contribution in [0.1, 0.15) is 73.7 Å². The van der Waals surface area contributed by atoms with E-state index >= 15 is 0 Å². The van der Waals surface area contributed by atoms with Gasteiger partial charge in [-0.2, -0.15) is 0 Å². The summed E-state index contributed by atoms with van der Waals surface area (Å²) < 4.78 is 10.7. The number of unbranched alkanes of at least 4 members (excludes halogenated alkanes) is 1. The first kappa shape index (κ1) is 19.2. The minimum absolute atomic E-state index is 0.126. The molecule has 0 bridgehead atoms. The molecule has 0 N–H and O–H groups in total. The van der Waals surface area contributed by atoms with Crippen molar-refractivity contribution in [3.63, 3.8) is 0 Å². The van der Waals surface area contributed by atoms with Crippen molar-refractivity contribution in [2.75, 3.05) is 13.2 Å². The lowest BCUT2D eigenvalue weighted by Gasteiger charge is -2.19. The van der Waals surface area contributed by atoms with E-state index in [9.17, 15) is 9.59 Å². The molecule has 0 fully saturated rings. The lowest BCUT2D eigenvalue weighted by atomic mass is 9.97. The smallest absolute Gasteiger partial charge is 0.339 e. The third-order valence-corrected chi connectivity index (χ3v) is 3.32. The fraction of sp³-hybridized carbons (Fsp3) is 0.579. The molecule has 4 nitrogen and oxygen atoms in total. The van der Waals surface area contributed by atoms with Crippen LogP contribution in [0.3, 0.4) is 0 Å². The standard InChI is InChI=1S/C19H28O4/c1-6-8-12-22-17(20)15-11-9-10-14(7-2)16(15)18(21)23-13-19(3,4)5/h9-11H,6-8,12-13H2,1-5H3. The Morgan fingerprint density at radius 2 is 1.74 bits per heavy atom. The van der Waals surface area contributed by atoms with E-state index in [4.69, 9.17) is 9.47 Å². The number of aryl methyl sites for hydroxylation is 1. The Hall–Kier alpha value is -1.84. The molecule has 1 rings (SSSR count). The maximum atomic E-state index is 12.5. The topological polar surface area (TPSA) is 52.6 Å². The molecule has 0 saturated carbocycles. The van der Waals surface area contributed by atoms with E-state index in [1.807, 2.05) is 40.7 Å². The lowest BCUT2D eigenvalue weighted by Crippen LogP contribution is -2.21. The first-order chi connectivity index (χ1) is 10.8. The molecule has 0 atom stereocenters. The van der Waals surface area contributed by atoms with E-state index in [1.165, 1.54) is 0 Å². The zero-order valence-electron chi connectivity index (χ0n) is 14.9. The number of hydrogen-bond acceptors (Lipinski definition) is 4. The molecule has 23 heavy (non-hydrogen) atoms. The fourth-order valence-electron chi connectivity index (χ4n) is 2.05. The van der Waals surface area contributed by atoms with E-state index in [0.29, 0.717) is 30.8 Å². The second kappa shape index (κ2) is 8.70. The van der Waals surface area contributed by atoms with Crippen LogP contribution in [-0.2, 0) is 15.9 Å². The molecule has 0 aliphatic heterocycles. The van der Waals surface area contributed by atoms with Gasteiger partial charge in [-0.1, -0.05) is 53.2 Å². The highest BCUT2D eigenvalue weighted by molar-refractivity contribution is 6.04. The monoisotopic (exact) mass is 320 g/mol. The van der Waals surface area contributed by atoms with Crippen LogP contribution in [-0.4, -0.2) is 25.2 Å². The summed E-state index contributed by atoms with van der Waals surface area (Å²) in [7, 11) is 0. The van der Waals surface area contributed by atoms with Gasteiger partial charge in [-0.25, -0.2) is 9.59 Å². The largest absolute Gasteiger partial charge is 0.462 e. The average molecular weight is 320 g/mol. The van der Waals surface area contributed by atoms with Gasteiger partial charge in [0.1, 0.15) is 0 Å². The van der Waals surface area contributed by atoms with Gasteiger partial charge in [-0.3, -0.25) is 0 Å². The highest BCUT2D eigenvalue weighted by Crippen LogP contribution is 2.21. The summed E-state index contributed by atoms with van der Waals surface area (Å²) in [6.07, 6.45) is 2.40. The molecule has 0 unspecified atom stereocenters. The van der Waals surface area contributed by atoms with Gasteiger partial charge in [0.2, 0.25) is 0 Å². The van der Waals surface area contributed by atoms with Crippen molar-refractivity contribution in [2.24, 2.45) is 5.41 Å². The Bertz CT molecular complexity index is 541. The zero-order valence-corrected chi connectivity index (χ0v) is 14.9. The summed E-state index contributed by atoms with van der Waals surface area (Å²) in [4.78, 5) is 24.8. The fourth-order valence-corrected chi connectivity index (χ4v) is 2.05. The highest BCUT2D eigenvalue weighted by Gasteiger charge is 2.24. The molecule has 0 heterocycles. The predicted molar refractivity (Wildman–Crippen MR) is 90.7 cm³/mol. The van der Waals surface area contributed by atoms with Crippen LogP contribution in [0, 0.1) is 5.41 Å². The Balaban J connectivity index is 3.03. The molecule has 0 radical (unpaired) electrons. The van der Waals surface area contributed by atoms with Gasteiger partial charge >= 0.3 is 11.9 Å². The van der Waals surface area contributed by atoms with E-state index < -0.39 is 11.9 Å². The second-order valence-electron chi connectivity index (χ2n) is 6.82. The van der Waals surface area contributed by atoms with Gasteiger partial charge in [0.25, 0.3) is 0 Å². The van der Waals surface area contributed by atoms with Crippen LogP contribution < -0.4 is 0 Å². The van der Waals surface area contributed by atoms with Gasteiger partial charge in [-0.15, -0.1) is 0 Å². The molecule has 0 aliphatic rings. The summed E-state index contributed by atoms with van der Waals surface area (Å²) in [6.45, 7) is 10.6. The maximum Gasteiger partial charge on any atom is 0.339 e. The van der Waals surface area contributed by atoms with E-state index in [2.05, 4.69) is 0 Å². The number of carbonyl (C=O) groups excluding carboxylic acids is 2.